The summed E-state index contributed by atoms with van der Waals surface area (Å²) in [6, 6.07) is 5.14. The van der Waals surface area contributed by atoms with Gasteiger partial charge in [0.25, 0.3) is 0 Å². The fraction of sp³-hybridized carbons (Fsp3) is 0.462. The fourth-order valence-corrected chi connectivity index (χ4v) is 2.43. The lowest BCUT2D eigenvalue weighted by molar-refractivity contribution is 0.0595. The topological polar surface area (TPSA) is 58.6 Å². The average molecular weight is 314 g/mol. The van der Waals surface area contributed by atoms with Gasteiger partial charge in [-0.1, -0.05) is 15.9 Å². The quantitative estimate of drug-likeness (QED) is 0.897. The van der Waals surface area contributed by atoms with Gasteiger partial charge in [0.1, 0.15) is 0 Å². The highest BCUT2D eigenvalue weighted by Crippen LogP contribution is 2.23. The molecule has 0 spiro atoms. The zero-order valence-corrected chi connectivity index (χ0v) is 11.6. The molecule has 2 N–H and O–H groups in total. The molecule has 2 rings (SSSR count). The Bertz CT molecular complexity index is 430. The second-order valence-electron chi connectivity index (χ2n) is 4.46. The van der Waals surface area contributed by atoms with E-state index in [2.05, 4.69) is 21.2 Å². The number of hydrogen-bond acceptors (Lipinski definition) is 3. The number of benzene rings is 1. The molecule has 18 heavy (non-hydrogen) atoms. The van der Waals surface area contributed by atoms with Gasteiger partial charge in [-0.3, -0.25) is 0 Å². The molecular weight excluding hydrogens is 298 g/mol. The Balaban J connectivity index is 2.03. The molecule has 1 aromatic carbocycles. The summed E-state index contributed by atoms with van der Waals surface area (Å²) in [5.74, 6) is -0.454. The van der Waals surface area contributed by atoms with Gasteiger partial charge in [-0.25, -0.2) is 4.79 Å². The van der Waals surface area contributed by atoms with Crippen molar-refractivity contribution in [3.8, 4) is 0 Å². The molecule has 0 aliphatic carbocycles. The third-order valence-corrected chi connectivity index (χ3v) is 3.54. The van der Waals surface area contributed by atoms with Gasteiger partial charge in [-0.05, 0) is 37.0 Å². The Morgan fingerprint density at radius 1 is 1.56 bits per heavy atom. The van der Waals surface area contributed by atoms with E-state index in [4.69, 9.17) is 9.84 Å². The number of halogens is 1. The minimum atomic E-state index is -0.912. The maximum absolute atomic E-state index is 11.1. The van der Waals surface area contributed by atoms with Crippen molar-refractivity contribution in [1.82, 2.24) is 0 Å². The van der Waals surface area contributed by atoms with Crippen molar-refractivity contribution in [2.75, 3.05) is 25.1 Å². The van der Waals surface area contributed by atoms with E-state index in [0.29, 0.717) is 17.2 Å². The number of carboxylic acid groups (broad SMARTS) is 1. The lowest BCUT2D eigenvalue weighted by Crippen LogP contribution is -2.24. The molecule has 1 aromatic rings. The van der Waals surface area contributed by atoms with E-state index in [9.17, 15) is 4.79 Å². The van der Waals surface area contributed by atoms with Gasteiger partial charge in [0, 0.05) is 23.3 Å². The van der Waals surface area contributed by atoms with Crippen LogP contribution in [0.2, 0.25) is 0 Å². The molecule has 1 aliphatic rings. The summed E-state index contributed by atoms with van der Waals surface area (Å²) in [4.78, 5) is 11.1. The van der Waals surface area contributed by atoms with Gasteiger partial charge >= 0.3 is 5.97 Å². The van der Waals surface area contributed by atoms with Gasteiger partial charge in [0.15, 0.2) is 0 Å². The Morgan fingerprint density at radius 2 is 2.39 bits per heavy atom. The van der Waals surface area contributed by atoms with Crippen LogP contribution in [-0.4, -0.2) is 30.8 Å². The lowest BCUT2D eigenvalue weighted by atomic mass is 10.0. The molecule has 0 aromatic heterocycles. The molecule has 1 atom stereocenters. The van der Waals surface area contributed by atoms with Crippen LogP contribution in [0.3, 0.4) is 0 Å². The molecule has 1 aliphatic heterocycles. The summed E-state index contributed by atoms with van der Waals surface area (Å²) in [6.45, 7) is 2.34. The minimum Gasteiger partial charge on any atom is -0.478 e. The van der Waals surface area contributed by atoms with Crippen LogP contribution in [0.4, 0.5) is 5.69 Å². The summed E-state index contributed by atoms with van der Waals surface area (Å²) in [5.41, 5.74) is 0.956. The zero-order valence-electron chi connectivity index (χ0n) is 9.99. The van der Waals surface area contributed by atoms with Crippen LogP contribution in [0.1, 0.15) is 23.2 Å². The standard InChI is InChI=1S/C13H16BrNO3/c14-10-3-4-11(13(16)17)12(6-10)15-7-9-2-1-5-18-8-9/h3-4,6,9,15H,1-2,5,7-8H2,(H,16,17). The molecule has 1 heterocycles. The maximum Gasteiger partial charge on any atom is 0.337 e. The molecule has 1 fully saturated rings. The lowest BCUT2D eigenvalue weighted by Gasteiger charge is -2.23. The molecule has 0 amide bonds. The van der Waals surface area contributed by atoms with E-state index in [0.717, 1.165) is 37.1 Å². The number of ether oxygens (including phenoxy) is 1. The van der Waals surface area contributed by atoms with Crippen molar-refractivity contribution < 1.29 is 14.6 Å². The first-order chi connectivity index (χ1) is 8.66. The summed E-state index contributed by atoms with van der Waals surface area (Å²) in [5, 5.41) is 12.3. The second kappa shape index (κ2) is 6.20. The van der Waals surface area contributed by atoms with Gasteiger partial charge in [0.05, 0.1) is 12.2 Å². The van der Waals surface area contributed by atoms with Gasteiger partial charge in [0.2, 0.25) is 0 Å². The third-order valence-electron chi connectivity index (χ3n) is 3.05. The Labute approximate surface area is 114 Å². The van der Waals surface area contributed by atoms with E-state index in [1.54, 1.807) is 18.2 Å². The normalized spacial score (nSPS) is 19.5. The van der Waals surface area contributed by atoms with Crippen LogP contribution in [0.25, 0.3) is 0 Å². The van der Waals surface area contributed by atoms with Crippen molar-refractivity contribution in [2.24, 2.45) is 5.92 Å². The molecule has 4 nitrogen and oxygen atoms in total. The van der Waals surface area contributed by atoms with E-state index >= 15 is 0 Å². The molecule has 98 valence electrons. The van der Waals surface area contributed by atoms with Crippen molar-refractivity contribution >= 4 is 27.6 Å². The number of rotatable bonds is 4. The van der Waals surface area contributed by atoms with Gasteiger partial charge in [-0.15, -0.1) is 0 Å². The van der Waals surface area contributed by atoms with E-state index in [1.807, 2.05) is 0 Å². The zero-order chi connectivity index (χ0) is 13.0. The van der Waals surface area contributed by atoms with Crippen LogP contribution in [0.5, 0.6) is 0 Å². The molecule has 0 radical (unpaired) electrons. The van der Waals surface area contributed by atoms with Crippen LogP contribution < -0.4 is 5.32 Å². The number of nitrogens with one attached hydrogen (secondary N) is 1. The Hall–Kier alpha value is -1.07. The van der Waals surface area contributed by atoms with Crippen molar-refractivity contribution in [3.63, 3.8) is 0 Å². The fourth-order valence-electron chi connectivity index (χ4n) is 2.07. The van der Waals surface area contributed by atoms with E-state index in [1.165, 1.54) is 0 Å². The summed E-state index contributed by atoms with van der Waals surface area (Å²) >= 11 is 3.35. The summed E-state index contributed by atoms with van der Waals surface area (Å²) in [6.07, 6.45) is 2.21. The second-order valence-corrected chi connectivity index (χ2v) is 5.37. The highest BCUT2D eigenvalue weighted by Gasteiger charge is 2.15. The third kappa shape index (κ3) is 3.46. The molecule has 0 bridgehead atoms. The van der Waals surface area contributed by atoms with Crippen molar-refractivity contribution in [3.05, 3.63) is 28.2 Å². The number of anilines is 1. The Kier molecular flexibility index (Phi) is 4.60. The molecule has 5 heteroatoms. The minimum absolute atomic E-state index is 0.301. The Morgan fingerprint density at radius 3 is 3.06 bits per heavy atom. The van der Waals surface area contributed by atoms with Crippen molar-refractivity contribution in [1.29, 1.82) is 0 Å². The first kappa shape index (κ1) is 13.4. The largest absolute Gasteiger partial charge is 0.478 e. The maximum atomic E-state index is 11.1. The highest BCUT2D eigenvalue weighted by molar-refractivity contribution is 9.10. The van der Waals surface area contributed by atoms with Gasteiger partial charge in [-0.2, -0.15) is 0 Å². The molecule has 1 unspecified atom stereocenters. The molecular formula is C13H16BrNO3. The smallest absolute Gasteiger partial charge is 0.337 e. The highest BCUT2D eigenvalue weighted by atomic mass is 79.9. The first-order valence-corrected chi connectivity index (χ1v) is 6.80. The monoisotopic (exact) mass is 313 g/mol. The molecule has 0 saturated carbocycles. The number of aromatic carboxylic acids is 1. The van der Waals surface area contributed by atoms with Crippen LogP contribution in [0.15, 0.2) is 22.7 Å². The summed E-state index contributed by atoms with van der Waals surface area (Å²) in [7, 11) is 0. The molecule has 1 saturated heterocycles. The number of carbonyl (C=O) groups is 1. The van der Waals surface area contributed by atoms with Crippen molar-refractivity contribution in [2.45, 2.75) is 12.8 Å². The van der Waals surface area contributed by atoms with Gasteiger partial charge < -0.3 is 15.2 Å². The van der Waals surface area contributed by atoms with E-state index < -0.39 is 5.97 Å². The predicted octanol–water partition coefficient (Wildman–Crippen LogP) is 2.99. The summed E-state index contributed by atoms with van der Waals surface area (Å²) < 4.78 is 6.28. The number of hydrogen-bond donors (Lipinski definition) is 2. The predicted molar refractivity (Wildman–Crippen MR) is 73.1 cm³/mol. The van der Waals surface area contributed by atoms with E-state index in [-0.39, 0.29) is 0 Å². The first-order valence-electron chi connectivity index (χ1n) is 6.01. The van der Waals surface area contributed by atoms with Crippen LogP contribution in [-0.2, 0) is 4.74 Å². The average Bonchev–Trinajstić information content (AvgIpc) is 2.37. The SMILES string of the molecule is O=C(O)c1ccc(Br)cc1NCC1CCCOC1. The van der Waals surface area contributed by atoms with Crippen LogP contribution in [0, 0.1) is 5.92 Å². The van der Waals surface area contributed by atoms with Crippen LogP contribution >= 0.6 is 15.9 Å². The number of carboxylic acids is 1.